The van der Waals surface area contributed by atoms with E-state index < -0.39 is 0 Å². The van der Waals surface area contributed by atoms with E-state index in [1.807, 2.05) is 6.92 Å². The maximum absolute atomic E-state index is 9.28. The summed E-state index contributed by atoms with van der Waals surface area (Å²) in [5.74, 6) is 0. The molecule has 2 heteroatoms. The minimum Gasteiger partial charge on any atom is -0.393 e. The number of rotatable bonds is 3. The molecule has 0 radical (unpaired) electrons. The lowest BCUT2D eigenvalue weighted by Crippen LogP contribution is -2.17. The Morgan fingerprint density at radius 1 is 1.20 bits per heavy atom. The summed E-state index contributed by atoms with van der Waals surface area (Å²) in [6.45, 7) is 4.21. The first-order valence-corrected chi connectivity index (χ1v) is 5.77. The van der Waals surface area contributed by atoms with Crippen LogP contribution in [0.3, 0.4) is 0 Å². The lowest BCUT2D eigenvalue weighted by Gasteiger charge is -2.17. The normalized spacial score (nSPS) is 18.1. The largest absolute Gasteiger partial charge is 0.393 e. The molecule has 0 bridgehead atoms. The van der Waals surface area contributed by atoms with Crippen molar-refractivity contribution >= 4 is 5.69 Å². The molecule has 1 aromatic carbocycles. The maximum atomic E-state index is 9.28. The van der Waals surface area contributed by atoms with Crippen LogP contribution < -0.4 is 4.90 Å². The second kappa shape index (κ2) is 4.67. The molecular formula is C13H19NO. The molecule has 1 aromatic rings. The Morgan fingerprint density at radius 2 is 1.80 bits per heavy atom. The number of aliphatic hydroxyl groups is 1. The zero-order valence-electron chi connectivity index (χ0n) is 9.32. The van der Waals surface area contributed by atoms with Crippen molar-refractivity contribution in [3.05, 3.63) is 29.8 Å². The second-order valence-corrected chi connectivity index (χ2v) is 4.41. The molecule has 1 aliphatic rings. The molecule has 0 aromatic heterocycles. The van der Waals surface area contributed by atoms with Crippen molar-refractivity contribution in [1.82, 2.24) is 0 Å². The molecule has 1 fully saturated rings. The molecule has 0 amide bonds. The molecule has 1 heterocycles. The van der Waals surface area contributed by atoms with Crippen molar-refractivity contribution in [1.29, 1.82) is 0 Å². The van der Waals surface area contributed by atoms with Crippen LogP contribution in [-0.2, 0) is 6.42 Å². The Bertz CT molecular complexity index is 299. The highest BCUT2D eigenvalue weighted by Gasteiger charge is 2.11. The summed E-state index contributed by atoms with van der Waals surface area (Å²) in [6.07, 6.45) is 3.13. The minimum absolute atomic E-state index is 0.248. The van der Waals surface area contributed by atoms with Gasteiger partial charge in [0, 0.05) is 18.8 Å². The van der Waals surface area contributed by atoms with E-state index in [9.17, 15) is 5.11 Å². The van der Waals surface area contributed by atoms with Crippen molar-refractivity contribution in [3.8, 4) is 0 Å². The van der Waals surface area contributed by atoms with Gasteiger partial charge in [0.15, 0.2) is 0 Å². The van der Waals surface area contributed by atoms with Crippen LogP contribution in [-0.4, -0.2) is 24.3 Å². The fourth-order valence-corrected chi connectivity index (χ4v) is 2.16. The first-order chi connectivity index (χ1) is 7.25. The number of aliphatic hydroxyl groups excluding tert-OH is 1. The van der Waals surface area contributed by atoms with Crippen molar-refractivity contribution in [2.45, 2.75) is 32.3 Å². The first kappa shape index (κ1) is 10.5. The van der Waals surface area contributed by atoms with Crippen LogP contribution in [0.4, 0.5) is 5.69 Å². The van der Waals surface area contributed by atoms with Crippen molar-refractivity contribution in [2.75, 3.05) is 18.0 Å². The molecule has 0 spiro atoms. The fourth-order valence-electron chi connectivity index (χ4n) is 2.16. The number of hydrogen-bond acceptors (Lipinski definition) is 2. The lowest BCUT2D eigenvalue weighted by molar-refractivity contribution is 0.195. The predicted molar refractivity (Wildman–Crippen MR) is 63.3 cm³/mol. The third-order valence-electron chi connectivity index (χ3n) is 2.94. The summed E-state index contributed by atoms with van der Waals surface area (Å²) in [5, 5.41) is 9.28. The third kappa shape index (κ3) is 2.72. The van der Waals surface area contributed by atoms with Gasteiger partial charge in [-0.3, -0.25) is 0 Å². The summed E-state index contributed by atoms with van der Waals surface area (Å²) >= 11 is 0. The summed E-state index contributed by atoms with van der Waals surface area (Å²) in [4.78, 5) is 2.42. The maximum Gasteiger partial charge on any atom is 0.0552 e. The monoisotopic (exact) mass is 205 g/mol. The van der Waals surface area contributed by atoms with E-state index in [2.05, 4.69) is 29.2 Å². The molecule has 15 heavy (non-hydrogen) atoms. The molecule has 1 aliphatic heterocycles. The van der Waals surface area contributed by atoms with E-state index in [0.29, 0.717) is 0 Å². The van der Waals surface area contributed by atoms with E-state index in [4.69, 9.17) is 0 Å². The van der Waals surface area contributed by atoms with Gasteiger partial charge >= 0.3 is 0 Å². The SMILES string of the molecule is C[C@@H](O)Cc1ccc(N2CCCC2)cc1. The van der Waals surface area contributed by atoms with Crippen LogP contribution in [0.2, 0.25) is 0 Å². The van der Waals surface area contributed by atoms with Gasteiger partial charge in [0.05, 0.1) is 6.10 Å². The molecular weight excluding hydrogens is 186 g/mol. The Balaban J connectivity index is 2.03. The summed E-state index contributed by atoms with van der Waals surface area (Å²) in [5.41, 5.74) is 2.54. The lowest BCUT2D eigenvalue weighted by atomic mass is 10.1. The smallest absolute Gasteiger partial charge is 0.0552 e. The van der Waals surface area contributed by atoms with E-state index in [1.165, 1.54) is 37.2 Å². The van der Waals surface area contributed by atoms with Crippen LogP contribution >= 0.6 is 0 Å². The van der Waals surface area contributed by atoms with Crippen LogP contribution in [0.5, 0.6) is 0 Å². The number of benzene rings is 1. The van der Waals surface area contributed by atoms with Crippen molar-refractivity contribution in [3.63, 3.8) is 0 Å². The highest BCUT2D eigenvalue weighted by Crippen LogP contribution is 2.20. The molecule has 2 nitrogen and oxygen atoms in total. The van der Waals surface area contributed by atoms with E-state index >= 15 is 0 Å². The Morgan fingerprint density at radius 3 is 2.33 bits per heavy atom. The van der Waals surface area contributed by atoms with Crippen molar-refractivity contribution in [2.24, 2.45) is 0 Å². The number of hydrogen-bond donors (Lipinski definition) is 1. The molecule has 82 valence electrons. The van der Waals surface area contributed by atoms with Gasteiger partial charge in [0.25, 0.3) is 0 Å². The average Bonchev–Trinajstić information content (AvgIpc) is 2.71. The molecule has 0 aliphatic carbocycles. The topological polar surface area (TPSA) is 23.5 Å². The predicted octanol–water partition coefficient (Wildman–Crippen LogP) is 2.21. The van der Waals surface area contributed by atoms with E-state index in [1.54, 1.807) is 0 Å². The van der Waals surface area contributed by atoms with Crippen LogP contribution in [0.1, 0.15) is 25.3 Å². The number of anilines is 1. The molecule has 0 saturated carbocycles. The van der Waals surface area contributed by atoms with E-state index in [0.717, 1.165) is 6.42 Å². The van der Waals surface area contributed by atoms with Gasteiger partial charge in [0.2, 0.25) is 0 Å². The molecule has 2 rings (SSSR count). The van der Waals surface area contributed by atoms with Crippen molar-refractivity contribution < 1.29 is 5.11 Å². The minimum atomic E-state index is -0.248. The highest BCUT2D eigenvalue weighted by atomic mass is 16.3. The fraction of sp³-hybridized carbons (Fsp3) is 0.538. The van der Waals surface area contributed by atoms with Gasteiger partial charge in [-0.2, -0.15) is 0 Å². The van der Waals surface area contributed by atoms with Gasteiger partial charge in [0.1, 0.15) is 0 Å². The highest BCUT2D eigenvalue weighted by molar-refractivity contribution is 5.48. The first-order valence-electron chi connectivity index (χ1n) is 5.77. The Kier molecular flexibility index (Phi) is 3.27. The molecule has 1 saturated heterocycles. The van der Waals surface area contributed by atoms with Gasteiger partial charge in [-0.05, 0) is 43.9 Å². The number of nitrogens with zero attached hydrogens (tertiary/aromatic N) is 1. The van der Waals surface area contributed by atoms with Gasteiger partial charge < -0.3 is 10.0 Å². The second-order valence-electron chi connectivity index (χ2n) is 4.41. The Hall–Kier alpha value is -1.02. The van der Waals surface area contributed by atoms with Crippen LogP contribution in [0.25, 0.3) is 0 Å². The quantitative estimate of drug-likeness (QED) is 0.817. The third-order valence-corrected chi connectivity index (χ3v) is 2.94. The average molecular weight is 205 g/mol. The molecule has 1 atom stereocenters. The van der Waals surface area contributed by atoms with Gasteiger partial charge in [-0.25, -0.2) is 0 Å². The molecule has 1 N–H and O–H groups in total. The van der Waals surface area contributed by atoms with Gasteiger partial charge in [-0.1, -0.05) is 12.1 Å². The molecule has 0 unspecified atom stereocenters. The van der Waals surface area contributed by atoms with Gasteiger partial charge in [-0.15, -0.1) is 0 Å². The Labute approximate surface area is 91.5 Å². The zero-order valence-corrected chi connectivity index (χ0v) is 9.32. The summed E-state index contributed by atoms with van der Waals surface area (Å²) < 4.78 is 0. The summed E-state index contributed by atoms with van der Waals surface area (Å²) in [6, 6.07) is 8.59. The van der Waals surface area contributed by atoms with E-state index in [-0.39, 0.29) is 6.10 Å². The summed E-state index contributed by atoms with van der Waals surface area (Å²) in [7, 11) is 0. The zero-order chi connectivity index (χ0) is 10.7. The van der Waals surface area contributed by atoms with Crippen LogP contribution in [0.15, 0.2) is 24.3 Å². The standard InChI is InChI=1S/C13H19NO/c1-11(15)10-12-4-6-13(7-5-12)14-8-2-3-9-14/h4-7,11,15H,2-3,8-10H2,1H3/t11-/m1/s1. The van der Waals surface area contributed by atoms with Crippen LogP contribution in [0, 0.1) is 0 Å².